The molecule has 1 heterocycles. The predicted octanol–water partition coefficient (Wildman–Crippen LogP) is 3.56. The Morgan fingerprint density at radius 1 is 1.24 bits per heavy atom. The molecule has 2 aromatic rings. The van der Waals surface area contributed by atoms with Gasteiger partial charge in [0.05, 0.1) is 43.2 Å². The molecule has 1 aliphatic carbocycles. The van der Waals surface area contributed by atoms with E-state index in [1.165, 1.54) is 20.4 Å². The van der Waals surface area contributed by atoms with E-state index in [2.05, 4.69) is 16.9 Å². The number of rotatable bonds is 7. The van der Waals surface area contributed by atoms with E-state index in [-0.39, 0.29) is 23.6 Å². The van der Waals surface area contributed by atoms with Crippen molar-refractivity contribution < 1.29 is 32.9 Å². The minimum absolute atomic E-state index is 0.0234. The number of fused-ring (bicyclic) bond motifs is 1. The minimum Gasteiger partial charge on any atom is -0.495 e. The molecule has 0 unspecified atom stereocenters. The average molecular weight is 528 g/mol. The van der Waals surface area contributed by atoms with Crippen LogP contribution in [-0.4, -0.2) is 61.6 Å². The van der Waals surface area contributed by atoms with E-state index in [1.807, 2.05) is 6.07 Å². The van der Waals surface area contributed by atoms with Gasteiger partial charge < -0.3 is 25.0 Å². The molecule has 2 aliphatic rings. The summed E-state index contributed by atoms with van der Waals surface area (Å²) in [5.41, 5.74) is -2.51. The van der Waals surface area contributed by atoms with Crippen molar-refractivity contribution in [3.8, 4) is 6.07 Å². The highest BCUT2D eigenvalue weighted by atomic mass is 19.4. The van der Waals surface area contributed by atoms with Crippen molar-refractivity contribution in [2.75, 3.05) is 27.2 Å². The van der Waals surface area contributed by atoms with E-state index in [9.17, 15) is 28.6 Å². The van der Waals surface area contributed by atoms with Crippen LogP contribution in [0.3, 0.4) is 0 Å². The van der Waals surface area contributed by atoms with E-state index < -0.39 is 41.9 Å². The van der Waals surface area contributed by atoms with Gasteiger partial charge in [0.15, 0.2) is 11.2 Å². The first-order valence-corrected chi connectivity index (χ1v) is 11.9. The highest BCUT2D eigenvalue weighted by Crippen LogP contribution is 2.67. The Kier molecular flexibility index (Phi) is 7.39. The molecule has 10 heteroatoms. The lowest BCUT2D eigenvalue weighted by atomic mass is 9.70. The van der Waals surface area contributed by atoms with Crippen LogP contribution in [0.1, 0.15) is 22.6 Å². The van der Waals surface area contributed by atoms with Gasteiger partial charge >= 0.3 is 6.18 Å². The fourth-order valence-electron chi connectivity index (χ4n) is 5.85. The summed E-state index contributed by atoms with van der Waals surface area (Å²) in [6.07, 6.45) is -4.75. The second-order valence-electron chi connectivity index (χ2n) is 9.29. The first kappa shape index (κ1) is 27.4. The number of hydrogen-bond donors (Lipinski definition) is 3. The second kappa shape index (κ2) is 10.3. The molecule has 0 radical (unpaired) electrons. The molecule has 1 aliphatic heterocycles. The van der Waals surface area contributed by atoms with Crippen LogP contribution in [-0.2, 0) is 15.1 Å². The quantitative estimate of drug-likeness (QED) is 0.376. The second-order valence-corrected chi connectivity index (χ2v) is 9.29. The number of halogens is 3. The Hall–Kier alpha value is -3.65. The molecule has 7 nitrogen and oxygen atoms in total. The average Bonchev–Trinajstić information content (AvgIpc) is 3.23. The van der Waals surface area contributed by atoms with Crippen molar-refractivity contribution in [3.05, 3.63) is 95.0 Å². The number of aliphatic imine (C=N–C) groups is 1. The van der Waals surface area contributed by atoms with Crippen LogP contribution in [0.4, 0.5) is 13.2 Å². The molecule has 2 fully saturated rings. The molecule has 4 rings (SSSR count). The summed E-state index contributed by atoms with van der Waals surface area (Å²) >= 11 is 0. The number of alkyl halides is 3. The summed E-state index contributed by atoms with van der Waals surface area (Å²) in [4.78, 5) is 3.98. The van der Waals surface area contributed by atoms with Gasteiger partial charge in [-0.1, -0.05) is 49.0 Å². The smallest absolute Gasteiger partial charge is 0.401 e. The fourth-order valence-corrected chi connectivity index (χ4v) is 5.85. The normalized spacial score (nSPS) is 30.2. The molecule has 0 bridgehead atoms. The lowest BCUT2D eigenvalue weighted by molar-refractivity contribution is -0.131. The number of aliphatic hydroxyl groups is 2. The van der Waals surface area contributed by atoms with Gasteiger partial charge in [-0.3, -0.25) is 4.99 Å². The van der Waals surface area contributed by atoms with Crippen molar-refractivity contribution in [3.63, 3.8) is 0 Å². The van der Waals surface area contributed by atoms with Gasteiger partial charge in [0.25, 0.3) is 0 Å². The monoisotopic (exact) mass is 527 g/mol. The number of methoxy groups -OCH3 is 1. The van der Waals surface area contributed by atoms with Crippen molar-refractivity contribution in [1.82, 2.24) is 5.32 Å². The van der Waals surface area contributed by atoms with E-state index in [0.717, 1.165) is 0 Å². The summed E-state index contributed by atoms with van der Waals surface area (Å²) < 4.78 is 51.1. The van der Waals surface area contributed by atoms with Crippen LogP contribution in [0.25, 0.3) is 0 Å². The molecule has 3 N–H and O–H groups in total. The van der Waals surface area contributed by atoms with Crippen molar-refractivity contribution in [1.29, 1.82) is 5.26 Å². The number of nitrogens with zero attached hydrogens (tertiary/aromatic N) is 2. The van der Waals surface area contributed by atoms with Gasteiger partial charge in [0, 0.05) is 25.4 Å². The molecule has 0 aromatic heterocycles. The summed E-state index contributed by atoms with van der Waals surface area (Å²) in [5.74, 6) is -1.68. The molecule has 5 atom stereocenters. The SMILES string of the molecule is C=C1O[C@@]2(c3ccc(C#N)cc3)[C@H](c3ccccc3)[C@@H](CNCC(F)(F)F)[C@@H](O)[C@@]2(O)/C1=C(/C=N\C)OC. The first-order chi connectivity index (χ1) is 18.0. The van der Waals surface area contributed by atoms with E-state index in [4.69, 9.17) is 9.47 Å². The molecule has 200 valence electrons. The third-order valence-corrected chi connectivity index (χ3v) is 7.23. The van der Waals surface area contributed by atoms with Crippen LogP contribution in [0.5, 0.6) is 0 Å². The van der Waals surface area contributed by atoms with Gasteiger partial charge in [0.1, 0.15) is 11.5 Å². The lowest BCUT2D eigenvalue weighted by Crippen LogP contribution is -2.53. The van der Waals surface area contributed by atoms with E-state index in [1.54, 1.807) is 54.6 Å². The van der Waals surface area contributed by atoms with Gasteiger partial charge in [0.2, 0.25) is 0 Å². The number of aliphatic hydroxyl groups excluding tert-OH is 1. The van der Waals surface area contributed by atoms with Gasteiger partial charge in [-0.25, -0.2) is 0 Å². The summed E-state index contributed by atoms with van der Waals surface area (Å²) in [6, 6.07) is 17.2. The van der Waals surface area contributed by atoms with Crippen molar-refractivity contribution >= 4 is 6.21 Å². The molecular weight excluding hydrogens is 499 g/mol. The Morgan fingerprint density at radius 2 is 1.89 bits per heavy atom. The largest absolute Gasteiger partial charge is 0.495 e. The third-order valence-electron chi connectivity index (χ3n) is 7.23. The van der Waals surface area contributed by atoms with Gasteiger partial charge in [-0.05, 0) is 23.3 Å². The maximum absolute atomic E-state index is 13.0. The zero-order chi connectivity index (χ0) is 27.7. The molecule has 38 heavy (non-hydrogen) atoms. The zero-order valence-corrected chi connectivity index (χ0v) is 20.9. The Morgan fingerprint density at radius 3 is 2.45 bits per heavy atom. The molecule has 1 saturated carbocycles. The standard InChI is InChI=1S/C28H28F3N3O4/c1-17-23(22(37-3)15-33-2)27(36)25(35)21(14-34-16-26(29,30)31)24(19-7-5-4-6-8-19)28(27,38-17)20-11-9-18(13-32)10-12-20/h4-12,15,21,24-25,34-36H,1,14,16H2,2-3H3/b23-22-,33-15-/t21-,24-,25-,27+,28+/m1/s1. The van der Waals surface area contributed by atoms with E-state index in [0.29, 0.717) is 16.7 Å². The predicted molar refractivity (Wildman–Crippen MR) is 134 cm³/mol. The maximum atomic E-state index is 13.0. The molecule has 1 saturated heterocycles. The van der Waals surface area contributed by atoms with Crippen molar-refractivity contribution in [2.45, 2.75) is 29.4 Å². The first-order valence-electron chi connectivity index (χ1n) is 11.9. The number of benzene rings is 2. The highest BCUT2D eigenvalue weighted by Gasteiger charge is 2.77. The van der Waals surface area contributed by atoms with Crippen LogP contribution in [0.15, 0.2) is 83.3 Å². The number of nitriles is 1. The zero-order valence-electron chi connectivity index (χ0n) is 20.9. The topological polar surface area (TPSA) is 107 Å². The number of hydrogen-bond acceptors (Lipinski definition) is 7. The number of ether oxygens (including phenoxy) is 2. The molecule has 0 amide bonds. The number of nitrogens with one attached hydrogen (secondary N) is 1. The summed E-state index contributed by atoms with van der Waals surface area (Å²) in [6.45, 7) is 2.43. The van der Waals surface area contributed by atoms with E-state index >= 15 is 0 Å². The Balaban J connectivity index is 2.02. The van der Waals surface area contributed by atoms with Crippen LogP contribution in [0.2, 0.25) is 0 Å². The van der Waals surface area contributed by atoms with Crippen LogP contribution < -0.4 is 5.32 Å². The maximum Gasteiger partial charge on any atom is 0.401 e. The van der Waals surface area contributed by atoms with Crippen molar-refractivity contribution in [2.24, 2.45) is 10.9 Å². The Bertz CT molecular complexity index is 1290. The van der Waals surface area contributed by atoms with Gasteiger partial charge in [-0.2, -0.15) is 18.4 Å². The molecular formula is C28H28F3N3O4. The van der Waals surface area contributed by atoms with Gasteiger partial charge in [-0.15, -0.1) is 0 Å². The van der Waals surface area contributed by atoms with Crippen LogP contribution >= 0.6 is 0 Å². The molecule has 0 spiro atoms. The Labute approximate surface area is 218 Å². The summed E-state index contributed by atoms with van der Waals surface area (Å²) in [7, 11) is 2.86. The minimum atomic E-state index is -4.47. The third kappa shape index (κ3) is 4.26. The lowest BCUT2D eigenvalue weighted by Gasteiger charge is -2.40. The number of allylic oxidation sites excluding steroid dienone is 1. The molecule has 2 aromatic carbocycles. The highest BCUT2D eigenvalue weighted by molar-refractivity contribution is 5.80. The van der Waals surface area contributed by atoms with Crippen LogP contribution in [0, 0.1) is 17.2 Å². The fraction of sp³-hybridized carbons (Fsp3) is 0.357. The summed E-state index contributed by atoms with van der Waals surface area (Å²) in [5, 5.41) is 36.2.